The van der Waals surface area contributed by atoms with Gasteiger partial charge in [0.2, 0.25) is 0 Å². The van der Waals surface area contributed by atoms with Gasteiger partial charge in [0, 0.05) is 17.9 Å². The van der Waals surface area contributed by atoms with Gasteiger partial charge in [0.1, 0.15) is 0 Å². The number of rotatable bonds is 4. The number of amides is 1. The molecule has 0 radical (unpaired) electrons. The van der Waals surface area contributed by atoms with E-state index >= 15 is 0 Å². The Balaban J connectivity index is 2.02. The van der Waals surface area contributed by atoms with E-state index in [-0.39, 0.29) is 18.1 Å². The lowest BCUT2D eigenvalue weighted by molar-refractivity contribution is 0.0712. The van der Waals surface area contributed by atoms with E-state index in [1.807, 2.05) is 19.9 Å². The van der Waals surface area contributed by atoms with Gasteiger partial charge < -0.3 is 15.5 Å². The van der Waals surface area contributed by atoms with Crippen molar-refractivity contribution in [1.29, 1.82) is 0 Å². The summed E-state index contributed by atoms with van der Waals surface area (Å²) in [5, 5.41) is 3.00. The third-order valence-electron chi connectivity index (χ3n) is 3.52. The van der Waals surface area contributed by atoms with E-state index in [4.69, 9.17) is 10.6 Å². The van der Waals surface area contributed by atoms with Crippen LogP contribution in [0, 0.1) is 6.92 Å². The van der Waals surface area contributed by atoms with Gasteiger partial charge in [-0.05, 0) is 50.5 Å². The summed E-state index contributed by atoms with van der Waals surface area (Å²) in [7, 11) is 0. The Hall–Kier alpha value is -1.59. The van der Waals surface area contributed by atoms with Crippen molar-refractivity contribution in [1.82, 2.24) is 5.32 Å². The van der Waals surface area contributed by atoms with Crippen LogP contribution in [0.2, 0.25) is 0 Å². The average Bonchev–Trinajstić information content (AvgIpc) is 2.92. The maximum Gasteiger partial charge on any atom is 0.251 e. The molecule has 0 saturated carbocycles. The number of carbonyl (C=O) groups is 1. The molecule has 1 fully saturated rings. The molecule has 1 saturated heterocycles. The summed E-state index contributed by atoms with van der Waals surface area (Å²) in [6.45, 7) is 4.67. The van der Waals surface area contributed by atoms with E-state index in [0.717, 1.165) is 30.7 Å². The van der Waals surface area contributed by atoms with Crippen LogP contribution >= 0.6 is 0 Å². The Kier molecular flexibility index (Phi) is 4.39. The molecule has 0 bridgehead atoms. The van der Waals surface area contributed by atoms with E-state index < -0.39 is 0 Å². The second-order valence-electron chi connectivity index (χ2n) is 4.99. The number of aryl methyl sites for hydroxylation is 1. The van der Waals surface area contributed by atoms with Crippen molar-refractivity contribution in [3.8, 4) is 0 Å². The Bertz CT molecular complexity index is 456. The third kappa shape index (κ3) is 3.24. The number of hydrogen-bond acceptors (Lipinski definition) is 4. The van der Waals surface area contributed by atoms with Crippen molar-refractivity contribution in [2.75, 3.05) is 12.0 Å². The summed E-state index contributed by atoms with van der Waals surface area (Å²) in [6, 6.07) is 5.45. The Morgan fingerprint density at radius 2 is 2.32 bits per heavy atom. The fraction of sp³-hybridized carbons (Fsp3) is 0.500. The van der Waals surface area contributed by atoms with Crippen molar-refractivity contribution in [2.45, 2.75) is 38.8 Å². The first-order chi connectivity index (χ1) is 9.11. The smallest absolute Gasteiger partial charge is 0.251 e. The van der Waals surface area contributed by atoms with Gasteiger partial charge in [0.05, 0.1) is 12.1 Å². The van der Waals surface area contributed by atoms with Crippen molar-refractivity contribution in [2.24, 2.45) is 5.84 Å². The third-order valence-corrected chi connectivity index (χ3v) is 3.52. The highest BCUT2D eigenvalue weighted by Crippen LogP contribution is 2.17. The minimum atomic E-state index is -0.0657. The Labute approximate surface area is 113 Å². The van der Waals surface area contributed by atoms with Gasteiger partial charge in [-0.1, -0.05) is 0 Å². The predicted molar refractivity (Wildman–Crippen MR) is 74.9 cm³/mol. The lowest BCUT2D eigenvalue weighted by atomic mass is 10.1. The van der Waals surface area contributed by atoms with Crippen molar-refractivity contribution in [3.63, 3.8) is 0 Å². The van der Waals surface area contributed by atoms with Crippen molar-refractivity contribution < 1.29 is 9.53 Å². The summed E-state index contributed by atoms with van der Waals surface area (Å²) in [6.07, 6.45) is 2.21. The van der Waals surface area contributed by atoms with E-state index in [9.17, 15) is 4.79 Å². The van der Waals surface area contributed by atoms with Gasteiger partial charge >= 0.3 is 0 Å². The predicted octanol–water partition coefficient (Wildman–Crippen LogP) is 1.58. The van der Waals surface area contributed by atoms with Crippen LogP contribution < -0.4 is 16.6 Å². The summed E-state index contributed by atoms with van der Waals surface area (Å²) in [4.78, 5) is 12.2. The van der Waals surface area contributed by atoms with Crippen LogP contribution in [-0.4, -0.2) is 24.7 Å². The van der Waals surface area contributed by atoms with Crippen LogP contribution in [0.15, 0.2) is 18.2 Å². The number of benzene rings is 1. The number of anilines is 1. The van der Waals surface area contributed by atoms with Gasteiger partial charge in [0.15, 0.2) is 0 Å². The quantitative estimate of drug-likeness (QED) is 0.569. The second-order valence-corrected chi connectivity index (χ2v) is 4.99. The molecule has 0 aromatic heterocycles. The van der Waals surface area contributed by atoms with Crippen LogP contribution in [0.25, 0.3) is 0 Å². The topological polar surface area (TPSA) is 76.4 Å². The van der Waals surface area contributed by atoms with Crippen LogP contribution in [0.3, 0.4) is 0 Å². The highest BCUT2D eigenvalue weighted by atomic mass is 16.5. The normalized spacial score (nSPS) is 20.1. The second kappa shape index (κ2) is 6.04. The van der Waals surface area contributed by atoms with E-state index in [0.29, 0.717) is 5.56 Å². The summed E-state index contributed by atoms with van der Waals surface area (Å²) in [5.41, 5.74) is 4.93. The molecule has 2 atom stereocenters. The van der Waals surface area contributed by atoms with Crippen LogP contribution in [-0.2, 0) is 4.74 Å². The standard InChI is InChI=1S/C14H21N3O2/c1-9-8-11(17-15)5-6-12(9)14(18)16-10(2)13-4-3-7-19-13/h5-6,8,10,13,17H,3-4,7,15H2,1-2H3,(H,16,18). The van der Waals surface area contributed by atoms with E-state index in [2.05, 4.69) is 10.7 Å². The van der Waals surface area contributed by atoms with E-state index in [1.54, 1.807) is 12.1 Å². The zero-order valence-corrected chi connectivity index (χ0v) is 11.4. The largest absolute Gasteiger partial charge is 0.376 e. The molecule has 1 aromatic carbocycles. The van der Waals surface area contributed by atoms with Gasteiger partial charge in [0.25, 0.3) is 5.91 Å². The first-order valence-electron chi connectivity index (χ1n) is 6.61. The SMILES string of the molecule is Cc1cc(NN)ccc1C(=O)NC(C)C1CCCO1. The molecule has 1 amide bonds. The molecule has 5 nitrogen and oxygen atoms in total. The molecule has 104 valence electrons. The average molecular weight is 263 g/mol. The molecule has 0 spiro atoms. The molecule has 5 heteroatoms. The fourth-order valence-electron chi connectivity index (χ4n) is 2.38. The Morgan fingerprint density at radius 1 is 1.53 bits per heavy atom. The van der Waals surface area contributed by atoms with Crippen molar-refractivity contribution in [3.05, 3.63) is 29.3 Å². The molecule has 1 heterocycles. The number of carbonyl (C=O) groups excluding carboxylic acids is 1. The summed E-state index contributed by atoms with van der Waals surface area (Å²) in [5.74, 6) is 5.28. The molecule has 2 rings (SSSR count). The van der Waals surface area contributed by atoms with Crippen molar-refractivity contribution >= 4 is 11.6 Å². The molecule has 4 N–H and O–H groups in total. The fourth-order valence-corrected chi connectivity index (χ4v) is 2.38. The lowest BCUT2D eigenvalue weighted by Gasteiger charge is -2.20. The molecule has 1 aliphatic heterocycles. The highest BCUT2D eigenvalue weighted by Gasteiger charge is 2.24. The molecular weight excluding hydrogens is 242 g/mol. The molecule has 0 aliphatic carbocycles. The Morgan fingerprint density at radius 3 is 2.89 bits per heavy atom. The minimum absolute atomic E-state index is 0.0294. The van der Waals surface area contributed by atoms with E-state index in [1.165, 1.54) is 0 Å². The summed E-state index contributed by atoms with van der Waals surface area (Å²) >= 11 is 0. The van der Waals surface area contributed by atoms with Crippen LogP contribution in [0.1, 0.15) is 35.7 Å². The first-order valence-corrected chi connectivity index (χ1v) is 6.61. The number of ether oxygens (including phenoxy) is 1. The number of nitrogens with two attached hydrogens (primary N) is 1. The van der Waals surface area contributed by atoms with Gasteiger partial charge in [-0.25, -0.2) is 0 Å². The van der Waals surface area contributed by atoms with Gasteiger partial charge in [-0.15, -0.1) is 0 Å². The number of hydrazine groups is 1. The highest BCUT2D eigenvalue weighted by molar-refractivity contribution is 5.96. The summed E-state index contributed by atoms with van der Waals surface area (Å²) < 4.78 is 5.58. The molecule has 2 unspecified atom stereocenters. The zero-order chi connectivity index (χ0) is 13.8. The molecule has 1 aromatic rings. The number of hydrogen-bond donors (Lipinski definition) is 3. The minimum Gasteiger partial charge on any atom is -0.376 e. The van der Waals surface area contributed by atoms with Gasteiger partial charge in [-0.2, -0.15) is 0 Å². The molecule has 19 heavy (non-hydrogen) atoms. The molecule has 1 aliphatic rings. The van der Waals surface area contributed by atoms with Crippen LogP contribution in [0.5, 0.6) is 0 Å². The maximum absolute atomic E-state index is 12.2. The number of nitrogen functional groups attached to an aromatic ring is 1. The first kappa shape index (κ1) is 13.8. The van der Waals surface area contributed by atoms with Gasteiger partial charge in [-0.3, -0.25) is 10.6 Å². The number of nitrogens with one attached hydrogen (secondary N) is 2. The molecular formula is C14H21N3O2. The maximum atomic E-state index is 12.2. The monoisotopic (exact) mass is 263 g/mol. The zero-order valence-electron chi connectivity index (χ0n) is 11.4. The van der Waals surface area contributed by atoms with Crippen LogP contribution in [0.4, 0.5) is 5.69 Å². The lowest BCUT2D eigenvalue weighted by Crippen LogP contribution is -2.41.